The Morgan fingerprint density at radius 3 is 2.24 bits per heavy atom. The van der Waals surface area contributed by atoms with Crippen LogP contribution in [-0.2, 0) is 4.79 Å². The van der Waals surface area contributed by atoms with Gasteiger partial charge in [-0.1, -0.05) is 30.3 Å². The van der Waals surface area contributed by atoms with E-state index in [0.29, 0.717) is 12.0 Å². The fourth-order valence-electron chi connectivity index (χ4n) is 3.16. The summed E-state index contributed by atoms with van der Waals surface area (Å²) >= 11 is 0. The number of nitrogens with one attached hydrogen (secondary N) is 2. The molecule has 21 heavy (non-hydrogen) atoms. The van der Waals surface area contributed by atoms with Crippen molar-refractivity contribution in [3.05, 3.63) is 35.9 Å². The summed E-state index contributed by atoms with van der Waals surface area (Å²) in [6.45, 7) is 5.95. The molecular formula is C18H28N2O. The van der Waals surface area contributed by atoms with E-state index < -0.39 is 0 Å². The van der Waals surface area contributed by atoms with E-state index in [9.17, 15) is 4.79 Å². The molecule has 116 valence electrons. The summed E-state index contributed by atoms with van der Waals surface area (Å²) in [4.78, 5) is 11.9. The predicted molar refractivity (Wildman–Crippen MR) is 87.3 cm³/mol. The van der Waals surface area contributed by atoms with Crippen LogP contribution in [0.25, 0.3) is 0 Å². The molecular weight excluding hydrogens is 260 g/mol. The molecule has 1 aromatic carbocycles. The van der Waals surface area contributed by atoms with Gasteiger partial charge in [0.05, 0.1) is 6.04 Å². The molecule has 2 N–H and O–H groups in total. The Morgan fingerprint density at radius 2 is 1.67 bits per heavy atom. The van der Waals surface area contributed by atoms with Crippen LogP contribution in [0.15, 0.2) is 30.3 Å². The molecule has 3 heteroatoms. The van der Waals surface area contributed by atoms with Gasteiger partial charge in [0, 0.05) is 12.1 Å². The normalized spacial score (nSPS) is 23.8. The lowest BCUT2D eigenvalue weighted by atomic mass is 9.81. The maximum absolute atomic E-state index is 11.9. The standard InChI is InChI=1S/C18H28N2O/c1-13(2)19-18(21)14(3)20-17-11-9-16(10-12-17)15-7-5-4-6-8-15/h4-8,13-14,16-17,20H,9-12H2,1-3H3,(H,19,21). The first-order valence-corrected chi connectivity index (χ1v) is 8.17. The number of amides is 1. The first kappa shape index (κ1) is 16.0. The molecule has 1 aromatic rings. The second-order valence-corrected chi connectivity index (χ2v) is 6.51. The Labute approximate surface area is 128 Å². The second-order valence-electron chi connectivity index (χ2n) is 6.51. The van der Waals surface area contributed by atoms with Gasteiger partial charge in [-0.15, -0.1) is 0 Å². The number of rotatable bonds is 5. The van der Waals surface area contributed by atoms with Crippen molar-refractivity contribution in [2.45, 2.75) is 70.5 Å². The Kier molecular flexibility index (Phi) is 5.80. The van der Waals surface area contributed by atoms with E-state index in [1.165, 1.54) is 18.4 Å². The third-order valence-electron chi connectivity index (χ3n) is 4.31. The van der Waals surface area contributed by atoms with Crippen molar-refractivity contribution in [3.8, 4) is 0 Å². The summed E-state index contributed by atoms with van der Waals surface area (Å²) in [5.74, 6) is 0.791. The molecule has 3 nitrogen and oxygen atoms in total. The highest BCUT2D eigenvalue weighted by Gasteiger charge is 2.24. The van der Waals surface area contributed by atoms with E-state index in [4.69, 9.17) is 0 Å². The molecule has 1 unspecified atom stereocenters. The highest BCUT2D eigenvalue weighted by Crippen LogP contribution is 2.32. The van der Waals surface area contributed by atoms with E-state index in [-0.39, 0.29) is 18.0 Å². The van der Waals surface area contributed by atoms with Gasteiger partial charge >= 0.3 is 0 Å². The smallest absolute Gasteiger partial charge is 0.237 e. The number of hydrogen-bond acceptors (Lipinski definition) is 2. The van der Waals surface area contributed by atoms with E-state index in [0.717, 1.165) is 12.8 Å². The molecule has 1 atom stereocenters. The van der Waals surface area contributed by atoms with E-state index in [1.54, 1.807) is 0 Å². The van der Waals surface area contributed by atoms with Crippen molar-refractivity contribution in [1.82, 2.24) is 10.6 Å². The monoisotopic (exact) mass is 288 g/mol. The molecule has 1 aliphatic carbocycles. The molecule has 0 heterocycles. The van der Waals surface area contributed by atoms with Crippen molar-refractivity contribution in [1.29, 1.82) is 0 Å². The zero-order valence-electron chi connectivity index (χ0n) is 13.4. The minimum Gasteiger partial charge on any atom is -0.353 e. The molecule has 1 fully saturated rings. The number of hydrogen-bond donors (Lipinski definition) is 2. The maximum Gasteiger partial charge on any atom is 0.237 e. The van der Waals surface area contributed by atoms with Gasteiger partial charge < -0.3 is 10.6 Å². The molecule has 0 aliphatic heterocycles. The van der Waals surface area contributed by atoms with Crippen LogP contribution in [0, 0.1) is 0 Å². The fourth-order valence-corrected chi connectivity index (χ4v) is 3.16. The maximum atomic E-state index is 11.9. The first-order valence-electron chi connectivity index (χ1n) is 8.17. The topological polar surface area (TPSA) is 41.1 Å². The molecule has 2 rings (SSSR count). The largest absolute Gasteiger partial charge is 0.353 e. The van der Waals surface area contributed by atoms with Crippen LogP contribution in [0.2, 0.25) is 0 Å². The van der Waals surface area contributed by atoms with Crippen LogP contribution in [0.3, 0.4) is 0 Å². The summed E-state index contributed by atoms with van der Waals surface area (Å²) < 4.78 is 0. The summed E-state index contributed by atoms with van der Waals surface area (Å²) in [7, 11) is 0. The Morgan fingerprint density at radius 1 is 1.05 bits per heavy atom. The third-order valence-corrected chi connectivity index (χ3v) is 4.31. The number of carbonyl (C=O) groups is 1. The van der Waals surface area contributed by atoms with E-state index >= 15 is 0 Å². The first-order chi connectivity index (χ1) is 10.1. The average molecular weight is 288 g/mol. The van der Waals surface area contributed by atoms with Crippen molar-refractivity contribution in [2.24, 2.45) is 0 Å². The van der Waals surface area contributed by atoms with Gasteiger partial charge in [0.25, 0.3) is 0 Å². The quantitative estimate of drug-likeness (QED) is 0.873. The van der Waals surface area contributed by atoms with Gasteiger partial charge in [-0.3, -0.25) is 4.79 Å². The Bertz CT molecular complexity index is 436. The molecule has 0 radical (unpaired) electrons. The van der Waals surface area contributed by atoms with Crippen molar-refractivity contribution in [3.63, 3.8) is 0 Å². The van der Waals surface area contributed by atoms with Crippen molar-refractivity contribution >= 4 is 5.91 Å². The molecule has 1 amide bonds. The van der Waals surface area contributed by atoms with E-state index in [1.807, 2.05) is 20.8 Å². The van der Waals surface area contributed by atoms with Crippen LogP contribution < -0.4 is 10.6 Å². The van der Waals surface area contributed by atoms with Gasteiger partial charge in [0.2, 0.25) is 5.91 Å². The van der Waals surface area contributed by atoms with Crippen molar-refractivity contribution < 1.29 is 4.79 Å². The van der Waals surface area contributed by atoms with Crippen LogP contribution in [0.5, 0.6) is 0 Å². The number of benzene rings is 1. The van der Waals surface area contributed by atoms with Gasteiger partial charge in [-0.05, 0) is 57.9 Å². The van der Waals surface area contributed by atoms with Gasteiger partial charge in [0.15, 0.2) is 0 Å². The minimum absolute atomic E-state index is 0.106. The molecule has 0 spiro atoms. The molecule has 0 aromatic heterocycles. The fraction of sp³-hybridized carbons (Fsp3) is 0.611. The third kappa shape index (κ3) is 4.85. The summed E-state index contributed by atoms with van der Waals surface area (Å²) in [6, 6.07) is 11.4. The summed E-state index contributed by atoms with van der Waals surface area (Å²) in [5, 5.41) is 6.45. The van der Waals surface area contributed by atoms with Gasteiger partial charge in [-0.25, -0.2) is 0 Å². The highest BCUT2D eigenvalue weighted by atomic mass is 16.2. The average Bonchev–Trinajstić information content (AvgIpc) is 2.48. The summed E-state index contributed by atoms with van der Waals surface area (Å²) in [6.07, 6.45) is 4.72. The Hall–Kier alpha value is -1.35. The summed E-state index contributed by atoms with van der Waals surface area (Å²) in [5.41, 5.74) is 1.46. The van der Waals surface area contributed by atoms with E-state index in [2.05, 4.69) is 41.0 Å². The highest BCUT2D eigenvalue weighted by molar-refractivity contribution is 5.81. The van der Waals surface area contributed by atoms with Crippen LogP contribution >= 0.6 is 0 Å². The van der Waals surface area contributed by atoms with Gasteiger partial charge in [-0.2, -0.15) is 0 Å². The lowest BCUT2D eigenvalue weighted by Crippen LogP contribution is -2.49. The number of carbonyl (C=O) groups excluding carboxylic acids is 1. The predicted octanol–water partition coefficient (Wildman–Crippen LogP) is 3.22. The molecule has 1 aliphatic rings. The SMILES string of the molecule is CC(C)NC(=O)C(C)NC1CCC(c2ccccc2)CC1. The minimum atomic E-state index is -0.106. The molecule has 0 bridgehead atoms. The zero-order chi connectivity index (χ0) is 15.2. The van der Waals surface area contributed by atoms with Crippen molar-refractivity contribution in [2.75, 3.05) is 0 Å². The lowest BCUT2D eigenvalue weighted by Gasteiger charge is -2.31. The van der Waals surface area contributed by atoms with Crippen LogP contribution in [0.4, 0.5) is 0 Å². The molecule has 1 saturated carbocycles. The van der Waals surface area contributed by atoms with Crippen LogP contribution in [-0.4, -0.2) is 24.0 Å². The second kappa shape index (κ2) is 7.60. The lowest BCUT2D eigenvalue weighted by molar-refractivity contribution is -0.123. The van der Waals surface area contributed by atoms with Crippen LogP contribution in [0.1, 0.15) is 57.9 Å². The van der Waals surface area contributed by atoms with Gasteiger partial charge in [0.1, 0.15) is 0 Å². The zero-order valence-corrected chi connectivity index (χ0v) is 13.4. The molecule has 0 saturated heterocycles. The Balaban J connectivity index is 1.78.